The quantitative estimate of drug-likeness (QED) is 0.557. The number of fused-ring (bicyclic) bond motifs is 1. The second-order valence-electron chi connectivity index (χ2n) is 2.25. The van der Waals surface area contributed by atoms with E-state index >= 15 is 0 Å². The van der Waals surface area contributed by atoms with E-state index in [1.54, 1.807) is 18.7 Å². The van der Waals surface area contributed by atoms with Crippen LogP contribution in [0.5, 0.6) is 0 Å². The van der Waals surface area contributed by atoms with E-state index in [0.717, 1.165) is 11.1 Å². The van der Waals surface area contributed by atoms with Crippen LogP contribution in [0, 0.1) is 0 Å². The molecule has 1 aliphatic heterocycles. The van der Waals surface area contributed by atoms with E-state index in [9.17, 15) is 0 Å². The molecule has 0 fully saturated rings. The second-order valence-corrected chi connectivity index (χ2v) is 2.25. The van der Waals surface area contributed by atoms with Gasteiger partial charge in [0.05, 0.1) is 12.5 Å². The first-order valence-corrected chi connectivity index (χ1v) is 3.39. The van der Waals surface area contributed by atoms with Gasteiger partial charge in [0.25, 0.3) is 0 Å². The van der Waals surface area contributed by atoms with Crippen LogP contribution in [-0.4, -0.2) is 4.98 Å². The molecule has 0 N–H and O–H groups in total. The highest BCUT2D eigenvalue weighted by atomic mass is 16.5. The summed E-state index contributed by atoms with van der Waals surface area (Å²) < 4.78 is 4.99. The van der Waals surface area contributed by atoms with E-state index in [2.05, 4.69) is 4.98 Å². The van der Waals surface area contributed by atoms with Gasteiger partial charge in [-0.05, 0) is 23.8 Å². The van der Waals surface area contributed by atoms with E-state index in [-0.39, 0.29) is 0 Å². The molecular weight excluding hydrogens is 138 g/mol. The number of ether oxygens (including phenoxy) is 1. The Morgan fingerprint density at radius 2 is 1.91 bits per heavy atom. The first-order valence-electron chi connectivity index (χ1n) is 3.39. The van der Waals surface area contributed by atoms with Crippen LogP contribution in [0.25, 0.3) is 12.2 Å². The lowest BCUT2D eigenvalue weighted by Crippen LogP contribution is -1.79. The smallest absolute Gasteiger partial charge is 0.0908 e. The lowest BCUT2D eigenvalue weighted by molar-refractivity contribution is 0.411. The standard InChI is InChI=1S/C9H7NO/c1-4-10-7-9-3-6-11-5-2-8(1)9/h1-7H. The Hall–Kier alpha value is -1.57. The summed E-state index contributed by atoms with van der Waals surface area (Å²) in [6.07, 6.45) is 10.7. The molecule has 0 radical (unpaired) electrons. The lowest BCUT2D eigenvalue weighted by Gasteiger charge is -1.94. The maximum Gasteiger partial charge on any atom is 0.0908 e. The highest BCUT2D eigenvalue weighted by Gasteiger charge is 1.96. The largest absolute Gasteiger partial charge is 0.473 e. The van der Waals surface area contributed by atoms with Gasteiger partial charge < -0.3 is 4.74 Å². The molecule has 0 aromatic carbocycles. The van der Waals surface area contributed by atoms with E-state index in [0.29, 0.717) is 0 Å². The average Bonchev–Trinajstić information content (AvgIpc) is 2.28. The zero-order valence-corrected chi connectivity index (χ0v) is 5.90. The maximum absolute atomic E-state index is 4.99. The number of pyridine rings is 1. The fourth-order valence-electron chi connectivity index (χ4n) is 0.979. The van der Waals surface area contributed by atoms with Crippen LogP contribution in [0.15, 0.2) is 31.0 Å². The van der Waals surface area contributed by atoms with Crippen LogP contribution in [0.4, 0.5) is 0 Å². The summed E-state index contributed by atoms with van der Waals surface area (Å²) in [6.45, 7) is 0. The predicted molar refractivity (Wildman–Crippen MR) is 43.4 cm³/mol. The molecule has 0 spiro atoms. The molecule has 11 heavy (non-hydrogen) atoms. The minimum absolute atomic E-state index is 1.08. The van der Waals surface area contributed by atoms with Crippen molar-refractivity contribution in [2.45, 2.75) is 0 Å². The highest BCUT2D eigenvalue weighted by Crippen LogP contribution is 2.13. The maximum atomic E-state index is 4.99. The van der Waals surface area contributed by atoms with Crippen LogP contribution in [0.3, 0.4) is 0 Å². The van der Waals surface area contributed by atoms with Gasteiger partial charge in [0.1, 0.15) is 0 Å². The SMILES string of the molecule is C1=Cc2ccncc2C=CO1. The van der Waals surface area contributed by atoms with E-state index in [1.165, 1.54) is 0 Å². The Labute approximate surface area is 64.8 Å². The number of aromatic nitrogens is 1. The Balaban J connectivity index is 2.58. The van der Waals surface area contributed by atoms with Crippen molar-refractivity contribution in [3.05, 3.63) is 42.1 Å². The summed E-state index contributed by atoms with van der Waals surface area (Å²) in [7, 11) is 0. The Morgan fingerprint density at radius 3 is 2.82 bits per heavy atom. The van der Waals surface area contributed by atoms with Crippen molar-refractivity contribution in [2.24, 2.45) is 0 Å². The third-order valence-corrected chi connectivity index (χ3v) is 1.54. The van der Waals surface area contributed by atoms with Crippen LogP contribution in [0.2, 0.25) is 0 Å². The molecule has 2 heterocycles. The third-order valence-electron chi connectivity index (χ3n) is 1.54. The van der Waals surface area contributed by atoms with Crippen LogP contribution >= 0.6 is 0 Å². The Morgan fingerprint density at radius 1 is 1.09 bits per heavy atom. The molecule has 1 aromatic heterocycles. The van der Waals surface area contributed by atoms with E-state index in [1.807, 2.05) is 24.4 Å². The van der Waals surface area contributed by atoms with Crippen LogP contribution < -0.4 is 0 Å². The summed E-state index contributed by atoms with van der Waals surface area (Å²) >= 11 is 0. The van der Waals surface area contributed by atoms with Gasteiger partial charge in [-0.2, -0.15) is 0 Å². The van der Waals surface area contributed by atoms with Crippen molar-refractivity contribution in [1.29, 1.82) is 0 Å². The predicted octanol–water partition coefficient (Wildman–Crippen LogP) is 2.05. The minimum atomic E-state index is 1.08. The van der Waals surface area contributed by atoms with Crippen LogP contribution in [-0.2, 0) is 4.74 Å². The monoisotopic (exact) mass is 145 g/mol. The summed E-state index contributed by atoms with van der Waals surface area (Å²) in [4.78, 5) is 4.00. The van der Waals surface area contributed by atoms with Crippen LogP contribution in [0.1, 0.15) is 11.1 Å². The zero-order valence-electron chi connectivity index (χ0n) is 5.90. The molecule has 54 valence electrons. The molecule has 0 aliphatic carbocycles. The van der Waals surface area contributed by atoms with Gasteiger partial charge in [0.15, 0.2) is 0 Å². The molecule has 0 amide bonds. The van der Waals surface area contributed by atoms with Crippen molar-refractivity contribution < 1.29 is 4.74 Å². The van der Waals surface area contributed by atoms with Gasteiger partial charge in [-0.1, -0.05) is 0 Å². The first kappa shape index (κ1) is 6.16. The molecule has 2 heteroatoms. The molecule has 1 aromatic rings. The molecule has 0 saturated carbocycles. The van der Waals surface area contributed by atoms with Gasteiger partial charge in [0.2, 0.25) is 0 Å². The van der Waals surface area contributed by atoms with Gasteiger partial charge in [-0.3, -0.25) is 4.98 Å². The summed E-state index contributed by atoms with van der Waals surface area (Å²) in [5.41, 5.74) is 2.22. The topological polar surface area (TPSA) is 22.1 Å². The lowest BCUT2D eigenvalue weighted by atomic mass is 10.1. The highest BCUT2D eigenvalue weighted by molar-refractivity contribution is 5.64. The molecule has 0 unspecified atom stereocenters. The van der Waals surface area contributed by atoms with Crippen molar-refractivity contribution >= 4 is 12.2 Å². The summed E-state index contributed by atoms with van der Waals surface area (Å²) in [5, 5.41) is 0. The number of hydrogen-bond donors (Lipinski definition) is 0. The number of hydrogen-bond acceptors (Lipinski definition) is 2. The normalized spacial score (nSPS) is 13.5. The van der Waals surface area contributed by atoms with Crippen molar-refractivity contribution in [3.8, 4) is 0 Å². The van der Waals surface area contributed by atoms with Gasteiger partial charge >= 0.3 is 0 Å². The van der Waals surface area contributed by atoms with Gasteiger partial charge in [0, 0.05) is 18.0 Å². The molecule has 2 nitrogen and oxygen atoms in total. The minimum Gasteiger partial charge on any atom is -0.473 e. The third kappa shape index (κ3) is 1.15. The summed E-state index contributed by atoms with van der Waals surface area (Å²) in [5.74, 6) is 0. The number of nitrogens with zero attached hydrogens (tertiary/aromatic N) is 1. The zero-order chi connectivity index (χ0) is 7.52. The molecule has 1 aliphatic rings. The molecular formula is C9H7NO. The van der Waals surface area contributed by atoms with Crippen molar-refractivity contribution in [2.75, 3.05) is 0 Å². The van der Waals surface area contributed by atoms with E-state index < -0.39 is 0 Å². The molecule has 0 bridgehead atoms. The van der Waals surface area contributed by atoms with Gasteiger partial charge in [-0.25, -0.2) is 0 Å². The molecule has 2 rings (SSSR count). The Bertz CT molecular complexity index is 284. The van der Waals surface area contributed by atoms with Gasteiger partial charge in [-0.15, -0.1) is 0 Å². The van der Waals surface area contributed by atoms with Crippen molar-refractivity contribution in [3.63, 3.8) is 0 Å². The fourth-order valence-corrected chi connectivity index (χ4v) is 0.979. The fraction of sp³-hybridized carbons (Fsp3) is 0. The number of rotatable bonds is 0. The average molecular weight is 145 g/mol. The molecule has 0 atom stereocenters. The van der Waals surface area contributed by atoms with Crippen molar-refractivity contribution in [1.82, 2.24) is 4.98 Å². The first-order chi connectivity index (χ1) is 5.47. The molecule has 0 saturated heterocycles. The Kier molecular flexibility index (Phi) is 1.44. The summed E-state index contributed by atoms with van der Waals surface area (Å²) in [6, 6.07) is 1.95. The van der Waals surface area contributed by atoms with E-state index in [4.69, 9.17) is 4.74 Å². The second kappa shape index (κ2) is 2.58.